The lowest BCUT2D eigenvalue weighted by Gasteiger charge is -2.28. The molecular formula is C16H23NO. The molecule has 1 aromatic carbocycles. The Morgan fingerprint density at radius 3 is 2.50 bits per heavy atom. The van der Waals surface area contributed by atoms with E-state index in [1.165, 1.54) is 36.8 Å². The molecule has 1 heterocycles. The van der Waals surface area contributed by atoms with Crippen molar-refractivity contribution < 1.29 is 4.74 Å². The van der Waals surface area contributed by atoms with Crippen LogP contribution in [0.1, 0.15) is 36.8 Å². The molecule has 0 aromatic heterocycles. The summed E-state index contributed by atoms with van der Waals surface area (Å²) in [5, 5.41) is 0. The second-order valence-corrected chi connectivity index (χ2v) is 6.00. The van der Waals surface area contributed by atoms with Crippen molar-refractivity contribution in [3.63, 3.8) is 0 Å². The van der Waals surface area contributed by atoms with Crippen LogP contribution in [0, 0.1) is 5.41 Å². The fraction of sp³-hybridized carbons (Fsp3) is 0.625. The number of hydrogen-bond donors (Lipinski definition) is 1. The molecule has 3 rings (SSSR count). The van der Waals surface area contributed by atoms with E-state index < -0.39 is 0 Å². The summed E-state index contributed by atoms with van der Waals surface area (Å²) < 4.78 is 5.74. The molecule has 98 valence electrons. The second-order valence-electron chi connectivity index (χ2n) is 6.00. The van der Waals surface area contributed by atoms with Crippen molar-refractivity contribution in [3.05, 3.63) is 35.4 Å². The zero-order chi connectivity index (χ0) is 12.4. The summed E-state index contributed by atoms with van der Waals surface area (Å²) in [4.78, 5) is 0. The van der Waals surface area contributed by atoms with Gasteiger partial charge in [0.15, 0.2) is 0 Å². The van der Waals surface area contributed by atoms with Gasteiger partial charge in [-0.1, -0.05) is 24.3 Å². The summed E-state index contributed by atoms with van der Waals surface area (Å²) in [5.41, 5.74) is 9.41. The third-order valence-corrected chi connectivity index (χ3v) is 4.70. The highest BCUT2D eigenvalue weighted by Gasteiger charge is 2.36. The van der Waals surface area contributed by atoms with Crippen LogP contribution in [0.2, 0.25) is 0 Å². The maximum atomic E-state index is 6.09. The number of hydrogen-bond acceptors (Lipinski definition) is 2. The van der Waals surface area contributed by atoms with Gasteiger partial charge in [0.25, 0.3) is 0 Å². The number of nitrogens with two attached hydrogens (primary N) is 1. The van der Waals surface area contributed by atoms with Crippen LogP contribution < -0.4 is 5.73 Å². The number of ether oxygens (including phenoxy) is 1. The van der Waals surface area contributed by atoms with E-state index in [1.54, 1.807) is 0 Å². The molecule has 2 N–H and O–H groups in total. The Kier molecular flexibility index (Phi) is 3.40. The van der Waals surface area contributed by atoms with E-state index in [2.05, 4.69) is 24.3 Å². The summed E-state index contributed by atoms with van der Waals surface area (Å²) in [6, 6.07) is 8.81. The first-order valence-corrected chi connectivity index (χ1v) is 7.20. The fourth-order valence-electron chi connectivity index (χ4n) is 3.54. The van der Waals surface area contributed by atoms with Crippen molar-refractivity contribution in [2.75, 3.05) is 13.2 Å². The molecule has 0 spiro atoms. The van der Waals surface area contributed by atoms with Crippen LogP contribution in [0.25, 0.3) is 0 Å². The van der Waals surface area contributed by atoms with Gasteiger partial charge in [0.2, 0.25) is 0 Å². The average molecular weight is 245 g/mol. The first kappa shape index (κ1) is 12.2. The molecule has 1 fully saturated rings. The summed E-state index contributed by atoms with van der Waals surface area (Å²) in [6.07, 6.45) is 7.69. The van der Waals surface area contributed by atoms with Gasteiger partial charge in [-0.25, -0.2) is 0 Å². The van der Waals surface area contributed by atoms with Crippen molar-refractivity contribution >= 4 is 0 Å². The van der Waals surface area contributed by atoms with Crippen LogP contribution >= 0.6 is 0 Å². The second kappa shape index (κ2) is 5.02. The van der Waals surface area contributed by atoms with E-state index in [-0.39, 0.29) is 0 Å². The van der Waals surface area contributed by atoms with Crippen LogP contribution in [0.15, 0.2) is 24.3 Å². The van der Waals surface area contributed by atoms with Crippen LogP contribution in [-0.4, -0.2) is 19.3 Å². The Morgan fingerprint density at radius 2 is 1.94 bits per heavy atom. The molecule has 1 atom stereocenters. The minimum absolute atomic E-state index is 0.301. The molecule has 0 saturated carbocycles. The molecule has 0 amide bonds. The van der Waals surface area contributed by atoms with E-state index in [9.17, 15) is 0 Å². The van der Waals surface area contributed by atoms with Gasteiger partial charge in [-0.05, 0) is 61.6 Å². The molecule has 1 aliphatic heterocycles. The standard InChI is InChI=1S/C16H23NO/c17-12-16(8-7-15-6-3-9-18-15)10-13-4-1-2-5-14(13)11-16/h1-2,4-5,15H,3,6-12,17H2. The highest BCUT2D eigenvalue weighted by molar-refractivity contribution is 5.34. The minimum Gasteiger partial charge on any atom is -0.378 e. The third kappa shape index (κ3) is 2.32. The van der Waals surface area contributed by atoms with Crippen LogP contribution in [0.3, 0.4) is 0 Å². The van der Waals surface area contributed by atoms with Crippen molar-refractivity contribution in [2.45, 2.75) is 44.6 Å². The Balaban J connectivity index is 1.65. The smallest absolute Gasteiger partial charge is 0.0576 e. The molecule has 1 aromatic rings. The predicted molar refractivity (Wildman–Crippen MR) is 73.5 cm³/mol. The van der Waals surface area contributed by atoms with Crippen molar-refractivity contribution in [1.82, 2.24) is 0 Å². The Hall–Kier alpha value is -0.860. The molecule has 1 saturated heterocycles. The molecule has 0 radical (unpaired) electrons. The quantitative estimate of drug-likeness (QED) is 0.885. The highest BCUT2D eigenvalue weighted by atomic mass is 16.5. The molecule has 2 nitrogen and oxygen atoms in total. The molecule has 18 heavy (non-hydrogen) atoms. The Morgan fingerprint density at radius 1 is 1.22 bits per heavy atom. The van der Waals surface area contributed by atoms with Crippen LogP contribution in [0.5, 0.6) is 0 Å². The van der Waals surface area contributed by atoms with Gasteiger partial charge in [-0.3, -0.25) is 0 Å². The first-order chi connectivity index (χ1) is 8.81. The van der Waals surface area contributed by atoms with E-state index in [0.29, 0.717) is 11.5 Å². The van der Waals surface area contributed by atoms with Gasteiger partial charge in [-0.2, -0.15) is 0 Å². The van der Waals surface area contributed by atoms with Gasteiger partial charge in [0, 0.05) is 6.61 Å². The maximum Gasteiger partial charge on any atom is 0.0576 e. The zero-order valence-electron chi connectivity index (χ0n) is 11.0. The van der Waals surface area contributed by atoms with Crippen LogP contribution in [-0.2, 0) is 17.6 Å². The van der Waals surface area contributed by atoms with Crippen molar-refractivity contribution in [1.29, 1.82) is 0 Å². The average Bonchev–Trinajstić information content (AvgIpc) is 3.03. The molecule has 2 heteroatoms. The predicted octanol–water partition coefficient (Wildman–Crippen LogP) is 2.69. The topological polar surface area (TPSA) is 35.2 Å². The number of fused-ring (bicyclic) bond motifs is 1. The monoisotopic (exact) mass is 245 g/mol. The fourth-order valence-corrected chi connectivity index (χ4v) is 3.54. The van der Waals surface area contributed by atoms with Crippen molar-refractivity contribution in [3.8, 4) is 0 Å². The first-order valence-electron chi connectivity index (χ1n) is 7.20. The number of benzene rings is 1. The van der Waals surface area contributed by atoms with Gasteiger partial charge in [0.1, 0.15) is 0 Å². The van der Waals surface area contributed by atoms with Gasteiger partial charge in [0.05, 0.1) is 6.10 Å². The third-order valence-electron chi connectivity index (χ3n) is 4.70. The molecule has 0 bridgehead atoms. The van der Waals surface area contributed by atoms with E-state index in [4.69, 9.17) is 10.5 Å². The Bertz CT molecular complexity index is 384. The van der Waals surface area contributed by atoms with Crippen LogP contribution in [0.4, 0.5) is 0 Å². The van der Waals surface area contributed by atoms with Gasteiger partial charge < -0.3 is 10.5 Å². The molecule has 1 unspecified atom stereocenters. The van der Waals surface area contributed by atoms with Gasteiger partial charge in [-0.15, -0.1) is 0 Å². The SMILES string of the molecule is NCC1(CCC2CCCO2)Cc2ccccc2C1. The molecule has 1 aliphatic carbocycles. The zero-order valence-corrected chi connectivity index (χ0v) is 11.0. The Labute approximate surface area is 110 Å². The van der Waals surface area contributed by atoms with E-state index in [0.717, 1.165) is 26.0 Å². The highest BCUT2D eigenvalue weighted by Crippen LogP contribution is 2.40. The minimum atomic E-state index is 0.301. The summed E-state index contributed by atoms with van der Waals surface area (Å²) >= 11 is 0. The summed E-state index contributed by atoms with van der Waals surface area (Å²) in [7, 11) is 0. The molecule has 2 aliphatic rings. The lowest BCUT2D eigenvalue weighted by Crippen LogP contribution is -2.32. The number of rotatable bonds is 4. The van der Waals surface area contributed by atoms with Gasteiger partial charge >= 0.3 is 0 Å². The maximum absolute atomic E-state index is 6.09. The molecular weight excluding hydrogens is 222 g/mol. The van der Waals surface area contributed by atoms with E-state index >= 15 is 0 Å². The summed E-state index contributed by atoms with van der Waals surface area (Å²) in [6.45, 7) is 1.76. The summed E-state index contributed by atoms with van der Waals surface area (Å²) in [5.74, 6) is 0. The lowest BCUT2D eigenvalue weighted by atomic mass is 9.79. The normalized spacial score (nSPS) is 25.3. The lowest BCUT2D eigenvalue weighted by molar-refractivity contribution is 0.0893. The van der Waals surface area contributed by atoms with Crippen molar-refractivity contribution in [2.24, 2.45) is 11.1 Å². The van der Waals surface area contributed by atoms with E-state index in [1.807, 2.05) is 0 Å². The largest absolute Gasteiger partial charge is 0.378 e.